The lowest BCUT2D eigenvalue weighted by Crippen LogP contribution is -2.30. The predicted octanol–water partition coefficient (Wildman–Crippen LogP) is 3.77. The van der Waals surface area contributed by atoms with Gasteiger partial charge in [-0.05, 0) is 37.1 Å². The summed E-state index contributed by atoms with van der Waals surface area (Å²) in [7, 11) is 0. The molecule has 0 fully saturated rings. The van der Waals surface area contributed by atoms with Gasteiger partial charge < -0.3 is 14.8 Å². The summed E-state index contributed by atoms with van der Waals surface area (Å²) in [6.45, 7) is 4.77. The first-order valence-corrected chi connectivity index (χ1v) is 7.22. The summed E-state index contributed by atoms with van der Waals surface area (Å²) in [6.07, 6.45) is 0.886. The van der Waals surface area contributed by atoms with Gasteiger partial charge in [-0.2, -0.15) is 0 Å². The van der Waals surface area contributed by atoms with Crippen LogP contribution in [0.1, 0.15) is 24.7 Å². The number of furan rings is 1. The summed E-state index contributed by atoms with van der Waals surface area (Å²) >= 11 is 6.13. The highest BCUT2D eigenvalue weighted by Gasteiger charge is 2.10. The monoisotopic (exact) mass is 293 g/mol. The standard InChI is InChI=1S/C16H20ClNO2/c1-3-12(10-19)18-9-13-7-8-16(20-13)14-5-4-6-15(17)11(14)2/h4-8,12,18-19H,3,9-10H2,1-2H3/t12-/m0/s1. The average Bonchev–Trinajstić information content (AvgIpc) is 2.92. The van der Waals surface area contributed by atoms with Crippen molar-refractivity contribution in [1.29, 1.82) is 0 Å². The van der Waals surface area contributed by atoms with Gasteiger partial charge >= 0.3 is 0 Å². The Bertz CT molecular complexity index is 561. The lowest BCUT2D eigenvalue weighted by molar-refractivity contribution is 0.235. The lowest BCUT2D eigenvalue weighted by Gasteiger charge is -2.12. The van der Waals surface area contributed by atoms with E-state index in [9.17, 15) is 0 Å². The Morgan fingerprint density at radius 1 is 1.30 bits per heavy atom. The molecule has 1 heterocycles. The van der Waals surface area contributed by atoms with Crippen molar-refractivity contribution in [3.8, 4) is 11.3 Å². The zero-order chi connectivity index (χ0) is 14.5. The fourth-order valence-electron chi connectivity index (χ4n) is 2.07. The van der Waals surface area contributed by atoms with E-state index in [0.717, 1.165) is 34.1 Å². The molecular formula is C16H20ClNO2. The molecule has 108 valence electrons. The highest BCUT2D eigenvalue weighted by atomic mass is 35.5. The first-order valence-electron chi connectivity index (χ1n) is 6.84. The summed E-state index contributed by atoms with van der Waals surface area (Å²) in [6, 6.07) is 9.81. The molecule has 0 saturated carbocycles. The second-order valence-corrected chi connectivity index (χ2v) is 5.25. The van der Waals surface area contributed by atoms with Crippen LogP contribution >= 0.6 is 11.6 Å². The number of aliphatic hydroxyl groups excluding tert-OH is 1. The van der Waals surface area contributed by atoms with Gasteiger partial charge in [-0.15, -0.1) is 0 Å². The number of hydrogen-bond acceptors (Lipinski definition) is 3. The van der Waals surface area contributed by atoms with Gasteiger partial charge in [0, 0.05) is 16.6 Å². The van der Waals surface area contributed by atoms with E-state index in [0.29, 0.717) is 6.54 Å². The van der Waals surface area contributed by atoms with Crippen LogP contribution in [-0.2, 0) is 6.54 Å². The Morgan fingerprint density at radius 2 is 2.10 bits per heavy atom. The molecule has 1 aromatic heterocycles. The zero-order valence-corrected chi connectivity index (χ0v) is 12.6. The maximum atomic E-state index is 9.15. The van der Waals surface area contributed by atoms with E-state index < -0.39 is 0 Å². The number of nitrogens with one attached hydrogen (secondary N) is 1. The minimum atomic E-state index is 0.108. The molecule has 0 aliphatic carbocycles. The minimum Gasteiger partial charge on any atom is -0.460 e. The van der Waals surface area contributed by atoms with Crippen LogP contribution in [0.15, 0.2) is 34.7 Å². The first-order chi connectivity index (χ1) is 9.65. The molecule has 0 radical (unpaired) electrons. The third-order valence-electron chi connectivity index (χ3n) is 3.47. The van der Waals surface area contributed by atoms with E-state index in [4.69, 9.17) is 21.1 Å². The van der Waals surface area contributed by atoms with Gasteiger partial charge in [-0.25, -0.2) is 0 Å². The topological polar surface area (TPSA) is 45.4 Å². The van der Waals surface area contributed by atoms with Gasteiger partial charge in [0.15, 0.2) is 0 Å². The third kappa shape index (κ3) is 3.42. The van der Waals surface area contributed by atoms with Crippen molar-refractivity contribution < 1.29 is 9.52 Å². The van der Waals surface area contributed by atoms with Crippen LogP contribution in [-0.4, -0.2) is 17.8 Å². The Morgan fingerprint density at radius 3 is 2.80 bits per heavy atom. The minimum absolute atomic E-state index is 0.108. The maximum Gasteiger partial charge on any atom is 0.134 e. The fraction of sp³-hybridized carbons (Fsp3) is 0.375. The molecule has 2 rings (SSSR count). The fourth-order valence-corrected chi connectivity index (χ4v) is 2.25. The van der Waals surface area contributed by atoms with E-state index in [2.05, 4.69) is 5.32 Å². The second-order valence-electron chi connectivity index (χ2n) is 4.85. The molecule has 2 N–H and O–H groups in total. The number of aliphatic hydroxyl groups is 1. The Kier molecular flexibility index (Phi) is 5.24. The highest BCUT2D eigenvalue weighted by molar-refractivity contribution is 6.31. The third-order valence-corrected chi connectivity index (χ3v) is 3.88. The van der Waals surface area contributed by atoms with E-state index in [1.54, 1.807) is 0 Å². The quantitative estimate of drug-likeness (QED) is 0.852. The van der Waals surface area contributed by atoms with Crippen LogP contribution in [0.25, 0.3) is 11.3 Å². The summed E-state index contributed by atoms with van der Waals surface area (Å²) in [5, 5.41) is 13.1. The zero-order valence-electron chi connectivity index (χ0n) is 11.8. The maximum absolute atomic E-state index is 9.15. The van der Waals surface area contributed by atoms with Gasteiger partial charge in [-0.3, -0.25) is 0 Å². The van der Waals surface area contributed by atoms with Crippen molar-refractivity contribution in [1.82, 2.24) is 5.32 Å². The smallest absolute Gasteiger partial charge is 0.134 e. The van der Waals surface area contributed by atoms with E-state index >= 15 is 0 Å². The summed E-state index contributed by atoms with van der Waals surface area (Å²) in [4.78, 5) is 0. The molecular weight excluding hydrogens is 274 g/mol. The molecule has 0 saturated heterocycles. The predicted molar refractivity (Wildman–Crippen MR) is 81.9 cm³/mol. The molecule has 2 aromatic rings. The Balaban J connectivity index is 2.11. The highest BCUT2D eigenvalue weighted by Crippen LogP contribution is 2.29. The second kappa shape index (κ2) is 6.93. The van der Waals surface area contributed by atoms with Crippen molar-refractivity contribution in [3.63, 3.8) is 0 Å². The Hall–Kier alpha value is -1.29. The molecule has 1 atom stereocenters. The molecule has 3 nitrogen and oxygen atoms in total. The molecule has 0 bridgehead atoms. The molecule has 1 aromatic carbocycles. The van der Waals surface area contributed by atoms with E-state index in [1.807, 2.05) is 44.2 Å². The van der Waals surface area contributed by atoms with E-state index in [-0.39, 0.29) is 12.6 Å². The molecule has 0 amide bonds. The van der Waals surface area contributed by atoms with Crippen molar-refractivity contribution in [2.24, 2.45) is 0 Å². The van der Waals surface area contributed by atoms with Gasteiger partial charge in [0.2, 0.25) is 0 Å². The lowest BCUT2D eigenvalue weighted by atomic mass is 10.1. The van der Waals surface area contributed by atoms with Crippen LogP contribution in [0.3, 0.4) is 0 Å². The van der Waals surface area contributed by atoms with Crippen LogP contribution in [0.2, 0.25) is 5.02 Å². The molecule has 0 aliphatic heterocycles. The number of benzene rings is 1. The van der Waals surface area contributed by atoms with E-state index in [1.165, 1.54) is 0 Å². The molecule has 0 spiro atoms. The first kappa shape index (κ1) is 15.1. The average molecular weight is 294 g/mol. The molecule has 20 heavy (non-hydrogen) atoms. The summed E-state index contributed by atoms with van der Waals surface area (Å²) < 4.78 is 5.84. The van der Waals surface area contributed by atoms with Gasteiger partial charge in [0.05, 0.1) is 13.2 Å². The SMILES string of the molecule is CC[C@@H](CO)NCc1ccc(-c2cccc(Cl)c2C)o1. The van der Waals surface area contributed by atoms with Gasteiger partial charge in [0.1, 0.15) is 11.5 Å². The van der Waals surface area contributed by atoms with Crippen LogP contribution < -0.4 is 5.32 Å². The normalized spacial score (nSPS) is 12.6. The van der Waals surface area contributed by atoms with Crippen molar-refractivity contribution >= 4 is 11.6 Å². The van der Waals surface area contributed by atoms with Crippen LogP contribution in [0, 0.1) is 6.92 Å². The molecule has 4 heteroatoms. The van der Waals surface area contributed by atoms with Gasteiger partial charge in [-0.1, -0.05) is 30.7 Å². The molecule has 0 aliphatic rings. The largest absolute Gasteiger partial charge is 0.460 e. The Labute approximate surface area is 124 Å². The van der Waals surface area contributed by atoms with Crippen molar-refractivity contribution in [3.05, 3.63) is 46.7 Å². The number of halogens is 1. The van der Waals surface area contributed by atoms with Crippen LogP contribution in [0.4, 0.5) is 0 Å². The summed E-state index contributed by atoms with van der Waals surface area (Å²) in [5.41, 5.74) is 2.03. The molecule has 0 unspecified atom stereocenters. The van der Waals surface area contributed by atoms with Crippen molar-refractivity contribution in [2.45, 2.75) is 32.9 Å². The van der Waals surface area contributed by atoms with Crippen LogP contribution in [0.5, 0.6) is 0 Å². The summed E-state index contributed by atoms with van der Waals surface area (Å²) in [5.74, 6) is 1.67. The van der Waals surface area contributed by atoms with Gasteiger partial charge in [0.25, 0.3) is 0 Å². The number of rotatable bonds is 6. The number of hydrogen-bond donors (Lipinski definition) is 2. The van der Waals surface area contributed by atoms with Crippen molar-refractivity contribution in [2.75, 3.05) is 6.61 Å².